The highest BCUT2D eigenvalue weighted by Crippen LogP contribution is 2.52. The van der Waals surface area contributed by atoms with E-state index in [0.717, 1.165) is 38.5 Å². The molecule has 2 fully saturated rings. The van der Waals surface area contributed by atoms with Crippen molar-refractivity contribution in [2.24, 2.45) is 16.3 Å². The lowest BCUT2D eigenvalue weighted by Gasteiger charge is -2.54. The molecule has 146 valence electrons. The summed E-state index contributed by atoms with van der Waals surface area (Å²) in [5.74, 6) is 1.54. The Morgan fingerprint density at radius 3 is 2.96 bits per heavy atom. The van der Waals surface area contributed by atoms with Crippen LogP contribution in [0.2, 0.25) is 0 Å². The van der Waals surface area contributed by atoms with Gasteiger partial charge < -0.3 is 20.4 Å². The standard InChI is InChI=1S/C22H32N4O/c1-5-23-21(26-19-17-11-13-27-20(17)22(19,3)4)24-12-10-15-14(2)25-18-9-7-6-8-16(15)18/h6-9,17,19-20,25H,5,10-13H2,1-4H3,(H2,23,24,26). The minimum Gasteiger partial charge on any atom is -0.377 e. The zero-order valence-electron chi connectivity index (χ0n) is 16.9. The van der Waals surface area contributed by atoms with E-state index in [0.29, 0.717) is 18.1 Å². The van der Waals surface area contributed by atoms with Gasteiger partial charge >= 0.3 is 0 Å². The maximum atomic E-state index is 5.92. The van der Waals surface area contributed by atoms with Crippen LogP contribution in [-0.4, -0.2) is 42.8 Å². The van der Waals surface area contributed by atoms with Crippen LogP contribution in [0.15, 0.2) is 29.3 Å². The second-order valence-corrected chi connectivity index (χ2v) is 8.47. The lowest BCUT2D eigenvalue weighted by atomic mass is 9.57. The van der Waals surface area contributed by atoms with Crippen LogP contribution in [0.1, 0.15) is 38.4 Å². The SMILES string of the molecule is CCNC(=NCCc1c(C)[nH]c2ccccc12)NC1C2CCOC2C1(C)C. The van der Waals surface area contributed by atoms with Crippen molar-refractivity contribution in [2.75, 3.05) is 19.7 Å². The van der Waals surface area contributed by atoms with Crippen LogP contribution in [0.4, 0.5) is 0 Å². The molecule has 1 saturated heterocycles. The van der Waals surface area contributed by atoms with E-state index in [1.54, 1.807) is 0 Å². The fraction of sp³-hybridized carbons (Fsp3) is 0.591. The molecule has 2 heterocycles. The van der Waals surface area contributed by atoms with Gasteiger partial charge in [-0.15, -0.1) is 0 Å². The van der Waals surface area contributed by atoms with Crippen LogP contribution >= 0.6 is 0 Å². The Hall–Kier alpha value is -2.01. The van der Waals surface area contributed by atoms with E-state index in [2.05, 4.69) is 67.6 Å². The molecule has 1 aliphatic heterocycles. The highest BCUT2D eigenvalue weighted by Gasteiger charge is 2.59. The number of aromatic amines is 1. The first kappa shape index (κ1) is 18.4. The summed E-state index contributed by atoms with van der Waals surface area (Å²) in [6.07, 6.45) is 2.49. The topological polar surface area (TPSA) is 61.4 Å². The van der Waals surface area contributed by atoms with Gasteiger partial charge in [0, 0.05) is 53.7 Å². The normalized spacial score (nSPS) is 26.7. The van der Waals surface area contributed by atoms with Gasteiger partial charge in [-0.2, -0.15) is 0 Å². The molecule has 3 N–H and O–H groups in total. The maximum Gasteiger partial charge on any atom is 0.191 e. The minimum atomic E-state index is 0.158. The third-order valence-electron chi connectivity index (χ3n) is 6.40. The van der Waals surface area contributed by atoms with Crippen LogP contribution in [-0.2, 0) is 11.2 Å². The molecule has 0 radical (unpaired) electrons. The lowest BCUT2D eigenvalue weighted by molar-refractivity contribution is -0.106. The number of aliphatic imine (C=N–C) groups is 1. The number of aryl methyl sites for hydroxylation is 1. The van der Waals surface area contributed by atoms with E-state index in [1.165, 1.54) is 22.2 Å². The molecule has 0 amide bonds. The van der Waals surface area contributed by atoms with Gasteiger partial charge in [0.2, 0.25) is 0 Å². The fourth-order valence-electron chi connectivity index (χ4n) is 5.02. The summed E-state index contributed by atoms with van der Waals surface area (Å²) in [5, 5.41) is 8.43. The highest BCUT2D eigenvalue weighted by molar-refractivity contribution is 5.84. The largest absolute Gasteiger partial charge is 0.377 e. The molecular formula is C22H32N4O. The summed E-state index contributed by atoms with van der Waals surface area (Å²) < 4.78 is 5.92. The van der Waals surface area contributed by atoms with Crippen LogP contribution < -0.4 is 10.6 Å². The Morgan fingerprint density at radius 1 is 1.33 bits per heavy atom. The first-order chi connectivity index (χ1) is 13.0. The van der Waals surface area contributed by atoms with Crippen molar-refractivity contribution >= 4 is 16.9 Å². The molecule has 3 unspecified atom stereocenters. The van der Waals surface area contributed by atoms with Gasteiger partial charge in [0.1, 0.15) is 0 Å². The predicted molar refractivity (Wildman–Crippen MR) is 111 cm³/mol. The number of rotatable bonds is 5. The van der Waals surface area contributed by atoms with Crippen molar-refractivity contribution in [3.63, 3.8) is 0 Å². The second kappa shape index (κ2) is 7.19. The van der Waals surface area contributed by atoms with Gasteiger partial charge in [0.25, 0.3) is 0 Å². The Balaban J connectivity index is 1.44. The van der Waals surface area contributed by atoms with Gasteiger partial charge in [0.05, 0.1) is 6.10 Å². The van der Waals surface area contributed by atoms with Gasteiger partial charge in [-0.3, -0.25) is 4.99 Å². The average Bonchev–Trinajstić information content (AvgIpc) is 3.23. The van der Waals surface area contributed by atoms with Crippen molar-refractivity contribution in [3.05, 3.63) is 35.5 Å². The summed E-state index contributed by atoms with van der Waals surface area (Å²) in [4.78, 5) is 8.36. The van der Waals surface area contributed by atoms with E-state index < -0.39 is 0 Å². The highest BCUT2D eigenvalue weighted by atomic mass is 16.5. The molecule has 1 aromatic carbocycles. The van der Waals surface area contributed by atoms with Gasteiger partial charge in [-0.25, -0.2) is 0 Å². The molecule has 1 aromatic heterocycles. The summed E-state index contributed by atoms with van der Waals surface area (Å²) in [7, 11) is 0. The first-order valence-corrected chi connectivity index (χ1v) is 10.2. The smallest absolute Gasteiger partial charge is 0.191 e. The zero-order chi connectivity index (χ0) is 19.0. The van der Waals surface area contributed by atoms with Gasteiger partial charge in [-0.1, -0.05) is 32.0 Å². The van der Waals surface area contributed by atoms with Crippen LogP contribution in [0.25, 0.3) is 10.9 Å². The Labute approximate surface area is 162 Å². The maximum absolute atomic E-state index is 5.92. The first-order valence-electron chi connectivity index (χ1n) is 10.2. The summed E-state index contributed by atoms with van der Waals surface area (Å²) in [5.41, 5.74) is 3.99. The van der Waals surface area contributed by atoms with Crippen molar-refractivity contribution in [1.82, 2.24) is 15.6 Å². The third-order valence-corrected chi connectivity index (χ3v) is 6.40. The number of benzene rings is 1. The van der Waals surface area contributed by atoms with E-state index in [-0.39, 0.29) is 5.41 Å². The number of hydrogen-bond acceptors (Lipinski definition) is 2. The quantitative estimate of drug-likeness (QED) is 0.560. The molecule has 0 spiro atoms. The van der Waals surface area contributed by atoms with Crippen LogP contribution in [0.3, 0.4) is 0 Å². The van der Waals surface area contributed by atoms with E-state index in [4.69, 9.17) is 9.73 Å². The molecule has 2 aliphatic rings. The molecule has 1 aliphatic carbocycles. The fourth-order valence-corrected chi connectivity index (χ4v) is 5.02. The molecule has 5 heteroatoms. The molecular weight excluding hydrogens is 336 g/mol. The van der Waals surface area contributed by atoms with Crippen molar-refractivity contribution in [1.29, 1.82) is 0 Å². The van der Waals surface area contributed by atoms with Gasteiger partial charge in [0.15, 0.2) is 5.96 Å². The molecule has 0 bridgehead atoms. The number of hydrogen-bond donors (Lipinski definition) is 3. The molecule has 2 aromatic rings. The molecule has 3 atom stereocenters. The summed E-state index contributed by atoms with van der Waals surface area (Å²) in [6, 6.07) is 8.94. The third kappa shape index (κ3) is 3.22. The lowest BCUT2D eigenvalue weighted by Crippen LogP contribution is -2.68. The number of para-hydroxylation sites is 1. The Bertz CT molecular complexity index is 838. The van der Waals surface area contributed by atoms with E-state index in [1.807, 2.05) is 0 Å². The van der Waals surface area contributed by atoms with Gasteiger partial charge in [-0.05, 0) is 38.3 Å². The van der Waals surface area contributed by atoms with Crippen molar-refractivity contribution < 1.29 is 4.74 Å². The number of guanidine groups is 1. The predicted octanol–water partition coefficient (Wildman–Crippen LogP) is 3.39. The number of nitrogens with one attached hydrogen (secondary N) is 3. The number of nitrogens with zero attached hydrogens (tertiary/aromatic N) is 1. The van der Waals surface area contributed by atoms with E-state index in [9.17, 15) is 0 Å². The summed E-state index contributed by atoms with van der Waals surface area (Å²) >= 11 is 0. The van der Waals surface area contributed by atoms with Crippen LogP contribution in [0, 0.1) is 18.3 Å². The Morgan fingerprint density at radius 2 is 2.15 bits per heavy atom. The number of ether oxygens (including phenoxy) is 1. The number of fused-ring (bicyclic) bond motifs is 2. The minimum absolute atomic E-state index is 0.158. The molecule has 4 rings (SSSR count). The molecule has 5 nitrogen and oxygen atoms in total. The number of aromatic nitrogens is 1. The average molecular weight is 369 g/mol. The second-order valence-electron chi connectivity index (χ2n) is 8.47. The Kier molecular flexibility index (Phi) is 4.89. The summed E-state index contributed by atoms with van der Waals surface area (Å²) in [6.45, 7) is 11.4. The number of H-pyrrole nitrogens is 1. The van der Waals surface area contributed by atoms with Crippen molar-refractivity contribution in [2.45, 2.75) is 52.7 Å². The zero-order valence-corrected chi connectivity index (χ0v) is 16.9. The van der Waals surface area contributed by atoms with Crippen LogP contribution in [0.5, 0.6) is 0 Å². The van der Waals surface area contributed by atoms with Crippen molar-refractivity contribution in [3.8, 4) is 0 Å². The van der Waals surface area contributed by atoms with E-state index >= 15 is 0 Å². The monoisotopic (exact) mass is 368 g/mol. The molecule has 1 saturated carbocycles. The molecule has 27 heavy (non-hydrogen) atoms.